The van der Waals surface area contributed by atoms with E-state index in [4.69, 9.17) is 5.11 Å². The van der Waals surface area contributed by atoms with Crippen LogP contribution in [0.2, 0.25) is 0 Å². The lowest BCUT2D eigenvalue weighted by atomic mass is 10.3. The van der Waals surface area contributed by atoms with Crippen LogP contribution in [-0.4, -0.2) is 59.3 Å². The molecule has 0 saturated carbocycles. The number of aliphatic carboxylic acids is 1. The summed E-state index contributed by atoms with van der Waals surface area (Å²) in [6, 6.07) is -1.34. The van der Waals surface area contributed by atoms with Gasteiger partial charge in [-0.1, -0.05) is 0 Å². The number of nitrogens with zero attached hydrogens (tertiary/aromatic N) is 2. The monoisotopic (exact) mass is 284 g/mol. The standard InChI is InChI=1S/C11H19F3N2O3/c1-8(2)16(7-11(12,13)14)10(19)15(3)6-4-5-9(17)18/h8H,4-7H2,1-3H3,(H,17,18). The van der Waals surface area contributed by atoms with Crippen molar-refractivity contribution >= 4 is 12.0 Å². The van der Waals surface area contributed by atoms with Crippen LogP contribution in [0.3, 0.4) is 0 Å². The second-order valence-corrected chi connectivity index (χ2v) is 4.54. The molecule has 8 heteroatoms. The number of hydrogen-bond donors (Lipinski definition) is 1. The van der Waals surface area contributed by atoms with E-state index in [1.165, 1.54) is 20.9 Å². The molecular weight excluding hydrogens is 265 g/mol. The maximum atomic E-state index is 12.4. The number of carbonyl (C=O) groups is 2. The molecule has 0 unspecified atom stereocenters. The summed E-state index contributed by atoms with van der Waals surface area (Å²) in [6.07, 6.45) is -4.38. The van der Waals surface area contributed by atoms with Crippen LogP contribution < -0.4 is 0 Å². The molecule has 0 heterocycles. The van der Waals surface area contributed by atoms with Crippen molar-refractivity contribution in [2.75, 3.05) is 20.1 Å². The van der Waals surface area contributed by atoms with Gasteiger partial charge in [0.1, 0.15) is 6.54 Å². The van der Waals surface area contributed by atoms with Gasteiger partial charge in [-0.05, 0) is 20.3 Å². The molecule has 0 aliphatic heterocycles. The van der Waals surface area contributed by atoms with E-state index < -0.39 is 30.8 Å². The predicted molar refractivity (Wildman–Crippen MR) is 62.8 cm³/mol. The number of hydrogen-bond acceptors (Lipinski definition) is 2. The van der Waals surface area contributed by atoms with Gasteiger partial charge in [0.15, 0.2) is 0 Å². The van der Waals surface area contributed by atoms with Gasteiger partial charge < -0.3 is 14.9 Å². The second-order valence-electron chi connectivity index (χ2n) is 4.54. The van der Waals surface area contributed by atoms with Crippen molar-refractivity contribution in [1.82, 2.24) is 9.80 Å². The third kappa shape index (κ3) is 7.53. The first-order valence-electron chi connectivity index (χ1n) is 5.85. The zero-order valence-electron chi connectivity index (χ0n) is 11.2. The minimum Gasteiger partial charge on any atom is -0.481 e. The van der Waals surface area contributed by atoms with Gasteiger partial charge in [0, 0.05) is 26.1 Å². The summed E-state index contributed by atoms with van der Waals surface area (Å²) in [6.45, 7) is 1.78. The van der Waals surface area contributed by atoms with Crippen LogP contribution in [0.25, 0.3) is 0 Å². The van der Waals surface area contributed by atoms with Crippen molar-refractivity contribution in [3.8, 4) is 0 Å². The molecule has 0 atom stereocenters. The molecule has 0 aliphatic rings. The lowest BCUT2D eigenvalue weighted by Crippen LogP contribution is -2.49. The number of urea groups is 1. The Bertz CT molecular complexity index is 319. The fraction of sp³-hybridized carbons (Fsp3) is 0.818. The molecule has 0 bridgehead atoms. The second kappa shape index (κ2) is 7.20. The maximum absolute atomic E-state index is 12.4. The Morgan fingerprint density at radius 2 is 1.79 bits per heavy atom. The maximum Gasteiger partial charge on any atom is 0.406 e. The number of halogens is 3. The Balaban J connectivity index is 4.50. The Kier molecular flexibility index (Phi) is 6.64. The number of carboxylic acid groups (broad SMARTS) is 1. The molecule has 1 N–H and O–H groups in total. The molecule has 0 aromatic heterocycles. The summed E-state index contributed by atoms with van der Waals surface area (Å²) in [5, 5.41) is 8.45. The van der Waals surface area contributed by atoms with Gasteiger partial charge in [-0.2, -0.15) is 13.2 Å². The summed E-state index contributed by atoms with van der Waals surface area (Å²) in [4.78, 5) is 24.0. The lowest BCUT2D eigenvalue weighted by Gasteiger charge is -2.31. The van der Waals surface area contributed by atoms with Gasteiger partial charge in [-0.15, -0.1) is 0 Å². The Morgan fingerprint density at radius 1 is 1.26 bits per heavy atom. The van der Waals surface area contributed by atoms with E-state index in [1.807, 2.05) is 0 Å². The summed E-state index contributed by atoms with van der Waals surface area (Å²) >= 11 is 0. The van der Waals surface area contributed by atoms with Gasteiger partial charge >= 0.3 is 18.2 Å². The molecule has 5 nitrogen and oxygen atoms in total. The molecule has 0 spiro atoms. The summed E-state index contributed by atoms with van der Waals surface area (Å²) in [7, 11) is 1.36. The van der Waals surface area contributed by atoms with Crippen molar-refractivity contribution in [3.63, 3.8) is 0 Å². The number of rotatable bonds is 6. The first-order valence-corrected chi connectivity index (χ1v) is 5.85. The lowest BCUT2D eigenvalue weighted by molar-refractivity contribution is -0.143. The quantitative estimate of drug-likeness (QED) is 0.813. The highest BCUT2D eigenvalue weighted by Crippen LogP contribution is 2.19. The molecule has 0 aromatic carbocycles. The van der Waals surface area contributed by atoms with E-state index in [1.54, 1.807) is 0 Å². The first kappa shape index (κ1) is 17.5. The summed E-state index contributed by atoms with van der Waals surface area (Å²) < 4.78 is 37.1. The van der Waals surface area contributed by atoms with E-state index in [9.17, 15) is 22.8 Å². The van der Waals surface area contributed by atoms with Crippen LogP contribution in [0.1, 0.15) is 26.7 Å². The minimum absolute atomic E-state index is 0.103. The van der Waals surface area contributed by atoms with Crippen molar-refractivity contribution in [2.24, 2.45) is 0 Å². The fourth-order valence-electron chi connectivity index (χ4n) is 1.45. The fourth-order valence-corrected chi connectivity index (χ4v) is 1.45. The number of carbonyl (C=O) groups excluding carboxylic acids is 1. The van der Waals surface area contributed by atoms with Crippen LogP contribution in [-0.2, 0) is 4.79 Å². The minimum atomic E-state index is -4.46. The zero-order chi connectivity index (χ0) is 15.2. The summed E-state index contributed by atoms with van der Waals surface area (Å²) in [5.41, 5.74) is 0. The molecule has 0 saturated heterocycles. The molecule has 0 fully saturated rings. The topological polar surface area (TPSA) is 60.9 Å². The van der Waals surface area contributed by atoms with Crippen molar-refractivity contribution in [1.29, 1.82) is 0 Å². The number of amides is 2. The van der Waals surface area contributed by atoms with E-state index in [0.29, 0.717) is 4.90 Å². The van der Waals surface area contributed by atoms with Crippen LogP contribution in [0.5, 0.6) is 0 Å². The number of alkyl halides is 3. The highest BCUT2D eigenvalue weighted by atomic mass is 19.4. The molecule has 19 heavy (non-hydrogen) atoms. The average molecular weight is 284 g/mol. The molecular formula is C11H19F3N2O3. The van der Waals surface area contributed by atoms with Crippen molar-refractivity contribution < 1.29 is 27.9 Å². The highest BCUT2D eigenvalue weighted by Gasteiger charge is 2.35. The molecule has 0 aromatic rings. The Hall–Kier alpha value is -1.47. The molecule has 0 radical (unpaired) electrons. The number of carboxylic acids is 1. The van der Waals surface area contributed by atoms with Gasteiger partial charge in [-0.3, -0.25) is 4.79 Å². The van der Waals surface area contributed by atoms with Crippen LogP contribution in [0.15, 0.2) is 0 Å². The largest absolute Gasteiger partial charge is 0.481 e. The van der Waals surface area contributed by atoms with Crippen LogP contribution in [0, 0.1) is 0 Å². The predicted octanol–water partition coefficient (Wildman–Crippen LogP) is 2.18. The molecule has 0 aliphatic carbocycles. The van der Waals surface area contributed by atoms with E-state index in [-0.39, 0.29) is 19.4 Å². The normalized spacial score (nSPS) is 11.5. The Labute approximate surface area is 110 Å². The van der Waals surface area contributed by atoms with Crippen molar-refractivity contribution in [3.05, 3.63) is 0 Å². The third-order valence-electron chi connectivity index (χ3n) is 2.43. The zero-order valence-corrected chi connectivity index (χ0v) is 11.2. The third-order valence-corrected chi connectivity index (χ3v) is 2.43. The smallest absolute Gasteiger partial charge is 0.406 e. The van der Waals surface area contributed by atoms with Gasteiger partial charge in [0.25, 0.3) is 0 Å². The van der Waals surface area contributed by atoms with E-state index in [0.717, 1.165) is 4.90 Å². The molecule has 0 rings (SSSR count). The van der Waals surface area contributed by atoms with Crippen LogP contribution >= 0.6 is 0 Å². The van der Waals surface area contributed by atoms with E-state index in [2.05, 4.69) is 0 Å². The summed E-state index contributed by atoms with van der Waals surface area (Å²) in [5.74, 6) is -1.00. The van der Waals surface area contributed by atoms with Gasteiger partial charge in [0.05, 0.1) is 0 Å². The first-order chi connectivity index (χ1) is 8.54. The highest BCUT2D eigenvalue weighted by molar-refractivity contribution is 5.74. The van der Waals surface area contributed by atoms with Crippen molar-refractivity contribution in [2.45, 2.75) is 38.9 Å². The van der Waals surface area contributed by atoms with Crippen LogP contribution in [0.4, 0.5) is 18.0 Å². The van der Waals surface area contributed by atoms with E-state index >= 15 is 0 Å². The van der Waals surface area contributed by atoms with Gasteiger partial charge in [-0.25, -0.2) is 4.79 Å². The molecule has 112 valence electrons. The SMILES string of the molecule is CC(C)N(CC(F)(F)F)C(=O)N(C)CCCC(=O)O. The van der Waals surface area contributed by atoms with Gasteiger partial charge in [0.2, 0.25) is 0 Å². The molecule has 2 amide bonds. The Morgan fingerprint density at radius 3 is 2.16 bits per heavy atom. The average Bonchev–Trinajstić information content (AvgIpc) is 2.22.